The second kappa shape index (κ2) is 5.16. The maximum atomic E-state index is 4.89. The summed E-state index contributed by atoms with van der Waals surface area (Å²) < 4.78 is 2.38. The van der Waals surface area contributed by atoms with Crippen LogP contribution in [0.1, 0.15) is 32.9 Å². The SMILES string of the molecule is CCc1cn(CC(C)C)c(N2CC[C@H]3CNC[C@H]32)n1. The van der Waals surface area contributed by atoms with E-state index in [9.17, 15) is 0 Å². The Labute approximate surface area is 116 Å². The highest BCUT2D eigenvalue weighted by molar-refractivity contribution is 5.38. The van der Waals surface area contributed by atoms with E-state index in [0.717, 1.165) is 25.4 Å². The number of rotatable bonds is 4. The molecule has 0 amide bonds. The summed E-state index contributed by atoms with van der Waals surface area (Å²) in [5.74, 6) is 2.70. The number of nitrogens with one attached hydrogen (secondary N) is 1. The van der Waals surface area contributed by atoms with Gasteiger partial charge in [-0.3, -0.25) is 0 Å². The quantitative estimate of drug-likeness (QED) is 0.899. The van der Waals surface area contributed by atoms with E-state index >= 15 is 0 Å². The summed E-state index contributed by atoms with van der Waals surface area (Å²) in [5, 5.41) is 3.53. The molecule has 1 N–H and O–H groups in total. The Balaban J connectivity index is 1.88. The van der Waals surface area contributed by atoms with E-state index in [-0.39, 0.29) is 0 Å². The van der Waals surface area contributed by atoms with Crippen LogP contribution in [-0.2, 0) is 13.0 Å². The topological polar surface area (TPSA) is 33.1 Å². The molecule has 2 atom stereocenters. The fourth-order valence-electron chi connectivity index (χ4n) is 3.48. The van der Waals surface area contributed by atoms with Crippen LogP contribution in [0.25, 0.3) is 0 Å². The first-order valence-corrected chi connectivity index (χ1v) is 7.72. The summed E-state index contributed by atoms with van der Waals surface area (Å²) in [6.07, 6.45) is 4.59. The molecular weight excluding hydrogens is 236 g/mol. The van der Waals surface area contributed by atoms with Gasteiger partial charge < -0.3 is 14.8 Å². The van der Waals surface area contributed by atoms with Gasteiger partial charge in [0.05, 0.1) is 5.69 Å². The summed E-state index contributed by atoms with van der Waals surface area (Å²) in [6.45, 7) is 11.3. The van der Waals surface area contributed by atoms with Crippen molar-refractivity contribution in [2.75, 3.05) is 24.5 Å². The van der Waals surface area contributed by atoms with Crippen molar-refractivity contribution in [2.24, 2.45) is 11.8 Å². The standard InChI is InChI=1S/C15H26N4/c1-4-13-10-18(9-11(2)3)15(17-13)19-6-5-12-7-16-8-14(12)19/h10-12,14,16H,4-9H2,1-3H3/t12-,14+/m0/s1. The second-order valence-electron chi connectivity index (χ2n) is 6.40. The number of imidazole rings is 1. The number of fused-ring (bicyclic) bond motifs is 1. The molecule has 3 rings (SSSR count). The van der Waals surface area contributed by atoms with Crippen molar-refractivity contribution in [1.29, 1.82) is 0 Å². The van der Waals surface area contributed by atoms with Gasteiger partial charge in [0.15, 0.2) is 0 Å². The van der Waals surface area contributed by atoms with Crippen molar-refractivity contribution in [3.8, 4) is 0 Å². The number of aryl methyl sites for hydroxylation is 1. The molecule has 1 aromatic heterocycles. The minimum absolute atomic E-state index is 0.665. The molecule has 4 nitrogen and oxygen atoms in total. The summed E-state index contributed by atoms with van der Waals surface area (Å²) in [5.41, 5.74) is 1.23. The van der Waals surface area contributed by atoms with Crippen LogP contribution in [0.4, 0.5) is 5.95 Å². The third kappa shape index (κ3) is 2.38. The molecule has 19 heavy (non-hydrogen) atoms. The molecule has 0 aliphatic carbocycles. The molecule has 4 heteroatoms. The molecule has 2 fully saturated rings. The van der Waals surface area contributed by atoms with E-state index in [0.29, 0.717) is 12.0 Å². The Morgan fingerprint density at radius 2 is 2.26 bits per heavy atom. The zero-order valence-electron chi connectivity index (χ0n) is 12.4. The van der Waals surface area contributed by atoms with Gasteiger partial charge in [-0.1, -0.05) is 20.8 Å². The highest BCUT2D eigenvalue weighted by Crippen LogP contribution is 2.31. The van der Waals surface area contributed by atoms with E-state index in [1.54, 1.807) is 0 Å². The number of aromatic nitrogens is 2. The third-order valence-electron chi connectivity index (χ3n) is 4.43. The molecule has 0 radical (unpaired) electrons. The van der Waals surface area contributed by atoms with E-state index < -0.39 is 0 Å². The minimum atomic E-state index is 0.665. The zero-order valence-corrected chi connectivity index (χ0v) is 12.4. The number of nitrogens with zero attached hydrogens (tertiary/aromatic N) is 3. The van der Waals surface area contributed by atoms with Crippen LogP contribution >= 0.6 is 0 Å². The first-order valence-electron chi connectivity index (χ1n) is 7.72. The Hall–Kier alpha value is -1.03. The summed E-state index contributed by atoms with van der Waals surface area (Å²) >= 11 is 0. The number of hydrogen-bond acceptors (Lipinski definition) is 3. The molecule has 0 saturated carbocycles. The lowest BCUT2D eigenvalue weighted by Gasteiger charge is -2.25. The highest BCUT2D eigenvalue weighted by atomic mass is 15.4. The maximum Gasteiger partial charge on any atom is 0.206 e. The smallest absolute Gasteiger partial charge is 0.206 e. The van der Waals surface area contributed by atoms with Crippen LogP contribution in [0.3, 0.4) is 0 Å². The first-order chi connectivity index (χ1) is 9.19. The van der Waals surface area contributed by atoms with Gasteiger partial charge >= 0.3 is 0 Å². The number of hydrogen-bond donors (Lipinski definition) is 1. The molecule has 2 aliphatic rings. The van der Waals surface area contributed by atoms with Crippen LogP contribution in [0.5, 0.6) is 0 Å². The average molecular weight is 262 g/mol. The monoisotopic (exact) mass is 262 g/mol. The van der Waals surface area contributed by atoms with Crippen LogP contribution in [0.2, 0.25) is 0 Å². The molecule has 1 aromatic rings. The Bertz CT molecular complexity index is 437. The van der Waals surface area contributed by atoms with Gasteiger partial charge in [0.25, 0.3) is 0 Å². The predicted octanol–water partition coefficient (Wildman–Crippen LogP) is 1.90. The van der Waals surface area contributed by atoms with Gasteiger partial charge in [-0.2, -0.15) is 0 Å². The van der Waals surface area contributed by atoms with Crippen LogP contribution in [0, 0.1) is 11.8 Å². The largest absolute Gasteiger partial charge is 0.338 e. The van der Waals surface area contributed by atoms with Gasteiger partial charge in [0, 0.05) is 38.4 Å². The van der Waals surface area contributed by atoms with Crippen molar-refractivity contribution in [2.45, 2.75) is 46.2 Å². The van der Waals surface area contributed by atoms with Gasteiger partial charge in [0.2, 0.25) is 5.95 Å². The van der Waals surface area contributed by atoms with Crippen molar-refractivity contribution in [3.63, 3.8) is 0 Å². The molecule has 2 saturated heterocycles. The highest BCUT2D eigenvalue weighted by Gasteiger charge is 2.39. The fourth-order valence-corrected chi connectivity index (χ4v) is 3.48. The Morgan fingerprint density at radius 1 is 1.42 bits per heavy atom. The molecule has 3 heterocycles. The van der Waals surface area contributed by atoms with Crippen LogP contribution < -0.4 is 10.2 Å². The molecule has 0 unspecified atom stereocenters. The van der Waals surface area contributed by atoms with Gasteiger partial charge in [-0.25, -0.2) is 4.98 Å². The third-order valence-corrected chi connectivity index (χ3v) is 4.43. The van der Waals surface area contributed by atoms with Gasteiger partial charge in [-0.05, 0) is 24.7 Å². The zero-order chi connectivity index (χ0) is 13.4. The van der Waals surface area contributed by atoms with Crippen molar-refractivity contribution in [3.05, 3.63) is 11.9 Å². The fraction of sp³-hybridized carbons (Fsp3) is 0.800. The van der Waals surface area contributed by atoms with Crippen molar-refractivity contribution in [1.82, 2.24) is 14.9 Å². The van der Waals surface area contributed by atoms with E-state index in [4.69, 9.17) is 4.98 Å². The molecule has 0 bridgehead atoms. The van der Waals surface area contributed by atoms with Crippen molar-refractivity contribution < 1.29 is 0 Å². The Morgan fingerprint density at radius 3 is 3.00 bits per heavy atom. The molecule has 106 valence electrons. The number of anilines is 1. The molecule has 0 spiro atoms. The average Bonchev–Trinajstić information content (AvgIpc) is 3.02. The van der Waals surface area contributed by atoms with Crippen molar-refractivity contribution >= 4 is 5.95 Å². The molecular formula is C15H26N4. The Kier molecular flexibility index (Phi) is 3.52. The lowest BCUT2D eigenvalue weighted by molar-refractivity contribution is 0.512. The lowest BCUT2D eigenvalue weighted by Crippen LogP contribution is -2.36. The summed E-state index contributed by atoms with van der Waals surface area (Å²) in [6, 6.07) is 0.665. The van der Waals surface area contributed by atoms with Crippen LogP contribution in [-0.4, -0.2) is 35.2 Å². The second-order valence-corrected chi connectivity index (χ2v) is 6.40. The summed E-state index contributed by atoms with van der Waals surface area (Å²) in [7, 11) is 0. The van der Waals surface area contributed by atoms with Gasteiger partial charge in [-0.15, -0.1) is 0 Å². The summed E-state index contributed by atoms with van der Waals surface area (Å²) in [4.78, 5) is 7.43. The van der Waals surface area contributed by atoms with E-state index in [1.165, 1.54) is 31.2 Å². The maximum absolute atomic E-state index is 4.89. The normalized spacial score (nSPS) is 26.4. The minimum Gasteiger partial charge on any atom is -0.338 e. The van der Waals surface area contributed by atoms with E-state index in [1.807, 2.05) is 0 Å². The van der Waals surface area contributed by atoms with Crippen LogP contribution in [0.15, 0.2) is 6.20 Å². The first kappa shape index (κ1) is 13.0. The lowest BCUT2D eigenvalue weighted by atomic mass is 10.1. The molecule has 0 aromatic carbocycles. The van der Waals surface area contributed by atoms with E-state index in [2.05, 4.69) is 41.8 Å². The molecule has 2 aliphatic heterocycles. The van der Waals surface area contributed by atoms with Gasteiger partial charge in [0.1, 0.15) is 0 Å². The predicted molar refractivity (Wildman–Crippen MR) is 78.6 cm³/mol.